The molecule has 2 fully saturated rings. The Morgan fingerprint density at radius 3 is 2.31 bits per heavy atom. The SMILES string of the molecule is C=C1N[C@H](C)c2cccc(c2F)C(F)(F)C2CC(C)N(CCCCCCCN3C(=C)C(C4(C)CC4)=CC1=C3/N=C\C)C(C)(C)C2. The van der Waals surface area contributed by atoms with Gasteiger partial charge in [-0.3, -0.25) is 4.90 Å². The van der Waals surface area contributed by atoms with E-state index in [2.05, 4.69) is 62.0 Å². The number of hydrogen-bond donors (Lipinski definition) is 1. The number of halogens is 3. The number of aliphatic imine (C=N–C) groups is 1. The summed E-state index contributed by atoms with van der Waals surface area (Å²) in [5, 5.41) is 3.37. The minimum atomic E-state index is -3.29. The fourth-order valence-corrected chi connectivity index (χ4v) is 8.01. The highest BCUT2D eigenvalue weighted by Crippen LogP contribution is 2.56. The van der Waals surface area contributed by atoms with Crippen molar-refractivity contribution < 1.29 is 13.2 Å². The monoisotopic (exact) mass is 622 g/mol. The first-order chi connectivity index (χ1) is 21.2. The van der Waals surface area contributed by atoms with Crippen molar-refractivity contribution in [3.8, 4) is 0 Å². The van der Waals surface area contributed by atoms with Gasteiger partial charge in [0.25, 0.3) is 5.92 Å². The lowest BCUT2D eigenvalue weighted by Gasteiger charge is -2.51. The summed E-state index contributed by atoms with van der Waals surface area (Å²) in [7, 11) is 0. The average molecular weight is 623 g/mol. The minimum absolute atomic E-state index is 0.00729. The number of fused-ring (bicyclic) bond motifs is 10. The number of piperidine rings is 1. The van der Waals surface area contributed by atoms with Crippen molar-refractivity contribution in [1.82, 2.24) is 15.1 Å². The lowest BCUT2D eigenvalue weighted by atomic mass is 9.74. The molecule has 246 valence electrons. The van der Waals surface area contributed by atoms with Gasteiger partial charge >= 0.3 is 0 Å². The molecule has 1 saturated heterocycles. The van der Waals surface area contributed by atoms with Gasteiger partial charge in [-0.1, -0.05) is 57.5 Å². The van der Waals surface area contributed by atoms with Gasteiger partial charge in [0, 0.05) is 52.8 Å². The number of rotatable bonds is 2. The molecule has 6 bridgehead atoms. The first kappa shape index (κ1) is 33.6. The van der Waals surface area contributed by atoms with Gasteiger partial charge in [-0.15, -0.1) is 0 Å². The number of alkyl halides is 2. The van der Waals surface area contributed by atoms with Gasteiger partial charge in [0.2, 0.25) is 0 Å². The fraction of sp³-hybridized carbons (Fsp3) is 0.605. The van der Waals surface area contributed by atoms with Crippen LogP contribution in [0.15, 0.2) is 70.8 Å². The Kier molecular flexibility index (Phi) is 9.53. The van der Waals surface area contributed by atoms with E-state index in [9.17, 15) is 0 Å². The second-order valence-corrected chi connectivity index (χ2v) is 14.8. The van der Waals surface area contributed by atoms with E-state index in [-0.39, 0.29) is 17.0 Å². The summed E-state index contributed by atoms with van der Waals surface area (Å²) in [6.07, 6.45) is 12.1. The summed E-state index contributed by atoms with van der Waals surface area (Å²) in [5.74, 6) is -4.30. The van der Waals surface area contributed by atoms with Crippen molar-refractivity contribution in [2.24, 2.45) is 16.3 Å². The van der Waals surface area contributed by atoms with Crippen LogP contribution in [0.25, 0.3) is 0 Å². The average Bonchev–Trinajstić information content (AvgIpc) is 3.71. The fourth-order valence-electron chi connectivity index (χ4n) is 8.01. The van der Waals surface area contributed by atoms with E-state index in [0.717, 1.165) is 75.1 Å². The Bertz CT molecular complexity index is 1400. The molecular formula is C38H53F3N4. The van der Waals surface area contributed by atoms with Crippen molar-refractivity contribution in [2.75, 3.05) is 13.1 Å². The largest absolute Gasteiger partial charge is 0.378 e. The molecular weight excluding hydrogens is 569 g/mol. The standard InChI is InChI=1S/C38H53F3N4/c1-9-42-35-31-23-33(37(8)18-19-37)28(5)44(35)20-13-11-10-12-14-21-45-25(2)22-29(24-36(45,6)7)38(40,41)32-17-15-16-30(34(32)39)26(3)43-27(31)4/h9,15-17,23,25-26,29,43H,4-5,10-14,18-22,24H2,1-3,6-8H3/b42-9-/t25?,26-,29?/m1/s1. The molecule has 1 N–H and O–H groups in total. The van der Waals surface area contributed by atoms with Crippen LogP contribution in [0.1, 0.15) is 116 Å². The maximum atomic E-state index is 16.3. The topological polar surface area (TPSA) is 30.9 Å². The van der Waals surface area contributed by atoms with E-state index in [1.807, 2.05) is 6.92 Å². The van der Waals surface area contributed by atoms with Crippen LogP contribution < -0.4 is 5.32 Å². The Labute approximate surface area is 269 Å². The van der Waals surface area contributed by atoms with Gasteiger partial charge in [0.05, 0.1) is 11.6 Å². The molecule has 4 nitrogen and oxygen atoms in total. The Morgan fingerprint density at radius 1 is 1.00 bits per heavy atom. The predicted molar refractivity (Wildman–Crippen MR) is 180 cm³/mol. The van der Waals surface area contributed by atoms with Crippen molar-refractivity contribution in [1.29, 1.82) is 0 Å². The normalized spacial score (nSPS) is 30.5. The number of nitrogens with zero attached hydrogens (tertiary/aromatic N) is 3. The minimum Gasteiger partial charge on any atom is -0.378 e. The van der Waals surface area contributed by atoms with Crippen LogP contribution in [-0.4, -0.2) is 40.7 Å². The zero-order valence-electron chi connectivity index (χ0n) is 28.3. The summed E-state index contributed by atoms with van der Waals surface area (Å²) in [4.78, 5) is 9.42. The Hall–Kier alpha value is -2.80. The van der Waals surface area contributed by atoms with Crippen LogP contribution in [0.3, 0.4) is 0 Å². The van der Waals surface area contributed by atoms with Crippen LogP contribution in [0.5, 0.6) is 0 Å². The van der Waals surface area contributed by atoms with Gasteiger partial charge in [-0.05, 0) is 96.8 Å². The molecule has 4 aliphatic heterocycles. The number of nitrogens with one attached hydrogen (secondary N) is 1. The molecule has 0 spiro atoms. The third-order valence-corrected chi connectivity index (χ3v) is 10.9. The lowest BCUT2D eigenvalue weighted by Crippen LogP contribution is -2.56. The Balaban J connectivity index is 1.54. The van der Waals surface area contributed by atoms with Crippen LogP contribution in [0, 0.1) is 17.2 Å². The molecule has 0 aromatic heterocycles. The maximum absolute atomic E-state index is 16.3. The molecule has 1 aromatic carbocycles. The summed E-state index contributed by atoms with van der Waals surface area (Å²) in [6, 6.07) is 3.84. The number of benzene rings is 1. The molecule has 5 aliphatic rings. The highest BCUT2D eigenvalue weighted by Gasteiger charge is 2.51. The quantitative estimate of drug-likeness (QED) is 0.333. The molecule has 7 heteroatoms. The van der Waals surface area contributed by atoms with Crippen LogP contribution >= 0.6 is 0 Å². The molecule has 1 saturated carbocycles. The predicted octanol–water partition coefficient (Wildman–Crippen LogP) is 9.78. The van der Waals surface area contributed by atoms with Gasteiger partial charge in [-0.2, -0.15) is 0 Å². The van der Waals surface area contributed by atoms with Crippen molar-refractivity contribution in [3.05, 3.63) is 82.7 Å². The molecule has 0 amide bonds. The number of allylic oxidation sites excluding steroid dienone is 2. The zero-order chi connectivity index (χ0) is 32.7. The molecule has 6 rings (SSSR count). The third-order valence-electron chi connectivity index (χ3n) is 10.9. The van der Waals surface area contributed by atoms with Crippen molar-refractivity contribution in [2.45, 2.75) is 123 Å². The lowest BCUT2D eigenvalue weighted by molar-refractivity contribution is -0.124. The van der Waals surface area contributed by atoms with Crippen molar-refractivity contribution >= 4 is 6.21 Å². The van der Waals surface area contributed by atoms with Crippen LogP contribution in [0.2, 0.25) is 0 Å². The summed E-state index contributed by atoms with van der Waals surface area (Å²) < 4.78 is 48.9. The van der Waals surface area contributed by atoms with Crippen LogP contribution in [-0.2, 0) is 5.92 Å². The molecule has 45 heavy (non-hydrogen) atoms. The van der Waals surface area contributed by atoms with E-state index >= 15 is 13.2 Å². The van der Waals surface area contributed by atoms with E-state index in [0.29, 0.717) is 18.5 Å². The highest BCUT2D eigenvalue weighted by atomic mass is 19.3. The van der Waals surface area contributed by atoms with Crippen molar-refractivity contribution in [3.63, 3.8) is 0 Å². The first-order valence-corrected chi connectivity index (χ1v) is 17.0. The first-order valence-electron chi connectivity index (χ1n) is 17.0. The summed E-state index contributed by atoms with van der Waals surface area (Å²) >= 11 is 0. The van der Waals surface area contributed by atoms with Gasteiger partial charge in [-0.25, -0.2) is 18.2 Å². The summed E-state index contributed by atoms with van der Waals surface area (Å²) in [6.45, 7) is 22.8. The smallest absolute Gasteiger partial charge is 0.278 e. The van der Waals surface area contributed by atoms with Gasteiger partial charge < -0.3 is 10.2 Å². The maximum Gasteiger partial charge on any atom is 0.278 e. The second kappa shape index (κ2) is 12.8. The second-order valence-electron chi connectivity index (χ2n) is 14.8. The number of hydrogen-bond acceptors (Lipinski definition) is 4. The molecule has 0 radical (unpaired) electrons. The van der Waals surface area contributed by atoms with E-state index < -0.39 is 34.8 Å². The molecule has 4 atom stereocenters. The highest BCUT2D eigenvalue weighted by molar-refractivity contribution is 5.60. The zero-order valence-corrected chi connectivity index (χ0v) is 28.3. The third kappa shape index (κ3) is 6.57. The molecule has 1 aromatic rings. The summed E-state index contributed by atoms with van der Waals surface area (Å²) in [5.41, 5.74) is 2.97. The molecule has 3 unspecified atom stereocenters. The van der Waals surface area contributed by atoms with E-state index in [1.54, 1.807) is 25.3 Å². The van der Waals surface area contributed by atoms with Crippen LogP contribution in [0.4, 0.5) is 13.2 Å². The van der Waals surface area contributed by atoms with Gasteiger partial charge in [0.1, 0.15) is 11.6 Å². The van der Waals surface area contributed by atoms with E-state index in [1.165, 1.54) is 11.6 Å². The Morgan fingerprint density at radius 2 is 1.67 bits per heavy atom. The molecule has 4 heterocycles. The van der Waals surface area contributed by atoms with E-state index in [4.69, 9.17) is 4.99 Å². The molecule has 1 aliphatic carbocycles. The van der Waals surface area contributed by atoms with Gasteiger partial charge in [0.15, 0.2) is 0 Å².